The van der Waals surface area contributed by atoms with Gasteiger partial charge < -0.3 is 5.32 Å². The molecule has 2 heterocycles. The number of nitrogens with one attached hydrogen (secondary N) is 1. The van der Waals surface area contributed by atoms with E-state index in [1.807, 2.05) is 39.8 Å². The molecule has 158 valence electrons. The van der Waals surface area contributed by atoms with Gasteiger partial charge in [-0.15, -0.1) is 0 Å². The van der Waals surface area contributed by atoms with E-state index in [1.165, 1.54) is 23.4 Å². The van der Waals surface area contributed by atoms with E-state index in [1.54, 1.807) is 7.05 Å². The lowest BCUT2D eigenvalue weighted by atomic mass is 10.1. The van der Waals surface area contributed by atoms with Crippen molar-refractivity contribution < 1.29 is 4.79 Å². The first-order chi connectivity index (χ1) is 14.1. The monoisotopic (exact) mass is 427 g/mol. The number of rotatable bonds is 5. The van der Waals surface area contributed by atoms with Crippen LogP contribution in [0.3, 0.4) is 0 Å². The van der Waals surface area contributed by atoms with Crippen molar-refractivity contribution in [3.63, 3.8) is 0 Å². The molecule has 1 amide bonds. The second-order valence-electron chi connectivity index (χ2n) is 7.31. The average Bonchev–Trinajstić information content (AvgIpc) is 2.70. The molecule has 0 unspecified atom stereocenters. The van der Waals surface area contributed by atoms with Crippen molar-refractivity contribution in [3.8, 4) is 0 Å². The molecule has 9 heteroatoms. The van der Waals surface area contributed by atoms with Crippen molar-refractivity contribution in [2.75, 3.05) is 11.1 Å². The molecule has 8 nitrogen and oxygen atoms in total. The highest BCUT2D eigenvalue weighted by atomic mass is 32.2. The van der Waals surface area contributed by atoms with E-state index >= 15 is 0 Å². The molecule has 3 rings (SSSR count). The molecule has 1 aromatic carbocycles. The second-order valence-corrected chi connectivity index (χ2v) is 8.28. The zero-order valence-corrected chi connectivity index (χ0v) is 18.8. The highest BCUT2D eigenvalue weighted by Gasteiger charge is 2.18. The van der Waals surface area contributed by atoms with E-state index in [4.69, 9.17) is 0 Å². The number of carbonyl (C=O) groups is 1. The maximum Gasteiger partial charge on any atom is 0.332 e. The van der Waals surface area contributed by atoms with Gasteiger partial charge in [0, 0.05) is 26.2 Å². The van der Waals surface area contributed by atoms with Crippen LogP contribution in [0.4, 0.5) is 5.69 Å². The Hall–Kier alpha value is -2.94. The summed E-state index contributed by atoms with van der Waals surface area (Å²) in [6.07, 6.45) is 0.543. The molecular weight excluding hydrogens is 402 g/mol. The molecule has 0 aliphatic carbocycles. The first kappa shape index (κ1) is 21.8. The molecule has 0 spiro atoms. The van der Waals surface area contributed by atoms with Gasteiger partial charge >= 0.3 is 5.69 Å². The first-order valence-corrected chi connectivity index (χ1v) is 10.6. The summed E-state index contributed by atoms with van der Waals surface area (Å²) in [4.78, 5) is 46.5. The number of hydrogen-bond donors (Lipinski definition) is 1. The zero-order valence-electron chi connectivity index (χ0n) is 18.0. The Morgan fingerprint density at radius 1 is 1.07 bits per heavy atom. The predicted molar refractivity (Wildman–Crippen MR) is 119 cm³/mol. The fraction of sp³-hybridized carbons (Fsp3) is 0.381. The van der Waals surface area contributed by atoms with Gasteiger partial charge in [-0.05, 0) is 31.9 Å². The van der Waals surface area contributed by atoms with Crippen molar-refractivity contribution in [1.29, 1.82) is 0 Å². The Kier molecular flexibility index (Phi) is 6.12. The molecule has 3 aromatic rings. The van der Waals surface area contributed by atoms with Gasteiger partial charge in [0.25, 0.3) is 5.56 Å². The van der Waals surface area contributed by atoms with Gasteiger partial charge in [0.2, 0.25) is 5.91 Å². The second kappa shape index (κ2) is 8.43. The molecule has 0 aliphatic heterocycles. The summed E-state index contributed by atoms with van der Waals surface area (Å²) in [5.41, 5.74) is 3.29. The molecule has 0 saturated carbocycles. The maximum atomic E-state index is 12.7. The standard InChI is InChI=1S/C21H25N5O3S/c1-7-14-22-18-16(20(28)26(6)21(29)25(18)5)19(23-14)30-10-15(27)24-17-12(3)8-11(2)9-13(17)4/h8-9H,7,10H2,1-6H3,(H,24,27). The van der Waals surface area contributed by atoms with Gasteiger partial charge in [0.05, 0.1) is 5.75 Å². The molecule has 2 aromatic heterocycles. The van der Waals surface area contributed by atoms with Gasteiger partial charge in [0.1, 0.15) is 16.2 Å². The average molecular weight is 428 g/mol. The molecular formula is C21H25N5O3S. The van der Waals surface area contributed by atoms with Crippen LogP contribution in [0.15, 0.2) is 26.7 Å². The Labute approximate surface area is 178 Å². The molecule has 0 radical (unpaired) electrons. The third-order valence-electron chi connectivity index (χ3n) is 4.91. The SMILES string of the molecule is CCc1nc(SCC(=O)Nc2c(C)cc(C)cc2C)c2c(=O)n(C)c(=O)n(C)c2n1. The first-order valence-electron chi connectivity index (χ1n) is 9.61. The van der Waals surface area contributed by atoms with E-state index < -0.39 is 11.2 Å². The van der Waals surface area contributed by atoms with Gasteiger partial charge in [-0.3, -0.25) is 18.7 Å². The van der Waals surface area contributed by atoms with Crippen molar-refractivity contribution in [3.05, 3.63) is 55.5 Å². The third kappa shape index (κ3) is 4.02. The zero-order chi connectivity index (χ0) is 22.2. The van der Waals surface area contributed by atoms with Crippen LogP contribution >= 0.6 is 11.8 Å². The Morgan fingerprint density at radius 3 is 2.30 bits per heavy atom. The topological polar surface area (TPSA) is 98.9 Å². The predicted octanol–water partition coefficient (Wildman–Crippen LogP) is 2.25. The Balaban J connectivity index is 1.95. The van der Waals surface area contributed by atoms with Gasteiger partial charge in [-0.2, -0.15) is 0 Å². The lowest BCUT2D eigenvalue weighted by Gasteiger charge is -2.13. The van der Waals surface area contributed by atoms with Crippen LogP contribution in [0, 0.1) is 20.8 Å². The van der Waals surface area contributed by atoms with E-state index in [0.29, 0.717) is 17.3 Å². The molecule has 0 atom stereocenters. The fourth-order valence-corrected chi connectivity index (χ4v) is 4.25. The summed E-state index contributed by atoms with van der Waals surface area (Å²) in [5.74, 6) is 0.397. The normalized spacial score (nSPS) is 11.1. The maximum absolute atomic E-state index is 12.7. The number of anilines is 1. The Bertz CT molecular complexity index is 1250. The smallest absolute Gasteiger partial charge is 0.325 e. The minimum absolute atomic E-state index is 0.0774. The Morgan fingerprint density at radius 2 is 1.70 bits per heavy atom. The van der Waals surface area contributed by atoms with Crippen LogP contribution in [-0.4, -0.2) is 30.8 Å². The summed E-state index contributed by atoms with van der Waals surface area (Å²) in [7, 11) is 2.99. The van der Waals surface area contributed by atoms with Gasteiger partial charge in [-0.1, -0.05) is 36.4 Å². The lowest BCUT2D eigenvalue weighted by molar-refractivity contribution is -0.113. The highest BCUT2D eigenvalue weighted by Crippen LogP contribution is 2.25. The summed E-state index contributed by atoms with van der Waals surface area (Å²) in [6, 6.07) is 4.04. The largest absolute Gasteiger partial charge is 0.332 e. The fourth-order valence-electron chi connectivity index (χ4n) is 3.42. The van der Waals surface area contributed by atoms with Crippen LogP contribution in [0.1, 0.15) is 29.4 Å². The quantitative estimate of drug-likeness (QED) is 0.495. The summed E-state index contributed by atoms with van der Waals surface area (Å²) < 4.78 is 2.36. The van der Waals surface area contributed by atoms with E-state index in [0.717, 1.165) is 26.9 Å². The molecule has 0 bridgehead atoms. The summed E-state index contributed by atoms with van der Waals surface area (Å²) >= 11 is 1.17. The number of aromatic nitrogens is 4. The summed E-state index contributed by atoms with van der Waals surface area (Å²) in [6.45, 7) is 7.82. The van der Waals surface area contributed by atoms with E-state index in [-0.39, 0.29) is 22.7 Å². The van der Waals surface area contributed by atoms with Crippen LogP contribution in [0.5, 0.6) is 0 Å². The van der Waals surface area contributed by atoms with E-state index in [2.05, 4.69) is 15.3 Å². The van der Waals surface area contributed by atoms with Crippen molar-refractivity contribution in [2.24, 2.45) is 14.1 Å². The van der Waals surface area contributed by atoms with Gasteiger partial charge in [-0.25, -0.2) is 14.8 Å². The number of nitrogens with zero attached hydrogens (tertiary/aromatic N) is 4. The molecule has 30 heavy (non-hydrogen) atoms. The van der Waals surface area contributed by atoms with Crippen LogP contribution in [0.2, 0.25) is 0 Å². The minimum Gasteiger partial charge on any atom is -0.325 e. The minimum atomic E-state index is -0.469. The number of thioether (sulfide) groups is 1. The molecule has 0 aliphatic rings. The highest BCUT2D eigenvalue weighted by molar-refractivity contribution is 8.00. The number of amides is 1. The van der Waals surface area contributed by atoms with Crippen LogP contribution in [0.25, 0.3) is 11.0 Å². The molecule has 0 fully saturated rings. The third-order valence-corrected chi connectivity index (χ3v) is 5.89. The molecule has 1 N–H and O–H groups in total. The molecule has 0 saturated heterocycles. The van der Waals surface area contributed by atoms with Crippen molar-refractivity contribution in [2.45, 2.75) is 39.1 Å². The number of hydrogen-bond acceptors (Lipinski definition) is 6. The van der Waals surface area contributed by atoms with Crippen LogP contribution < -0.4 is 16.6 Å². The lowest BCUT2D eigenvalue weighted by Crippen LogP contribution is -2.38. The number of benzene rings is 1. The number of fused-ring (bicyclic) bond motifs is 1. The van der Waals surface area contributed by atoms with Crippen molar-refractivity contribution in [1.82, 2.24) is 19.1 Å². The summed E-state index contributed by atoms with van der Waals surface area (Å²) in [5, 5.41) is 3.61. The van der Waals surface area contributed by atoms with Crippen LogP contribution in [-0.2, 0) is 25.3 Å². The van der Waals surface area contributed by atoms with Crippen molar-refractivity contribution >= 4 is 34.4 Å². The number of aryl methyl sites for hydroxylation is 5. The van der Waals surface area contributed by atoms with Gasteiger partial charge in [0.15, 0.2) is 5.65 Å². The van der Waals surface area contributed by atoms with E-state index in [9.17, 15) is 14.4 Å². The number of carbonyl (C=O) groups excluding carboxylic acids is 1.